The Morgan fingerprint density at radius 2 is 1.91 bits per heavy atom. The summed E-state index contributed by atoms with van der Waals surface area (Å²) in [4.78, 5) is 23.9. The van der Waals surface area contributed by atoms with Crippen molar-refractivity contribution in [3.8, 4) is 5.88 Å². The molecule has 2 aromatic rings. The van der Waals surface area contributed by atoms with Crippen LogP contribution in [0.5, 0.6) is 5.88 Å². The third kappa shape index (κ3) is 5.31. The second kappa shape index (κ2) is 9.07. The van der Waals surface area contributed by atoms with Crippen molar-refractivity contribution in [3.63, 3.8) is 0 Å². The highest BCUT2D eigenvalue weighted by molar-refractivity contribution is 6.58. The Labute approximate surface area is 190 Å². The van der Waals surface area contributed by atoms with E-state index in [9.17, 15) is 22.4 Å². The van der Waals surface area contributed by atoms with Crippen molar-refractivity contribution in [2.24, 2.45) is 10.7 Å². The Hall–Kier alpha value is -3.05. The lowest BCUT2D eigenvalue weighted by atomic mass is 9.52. The largest absolute Gasteiger partial charge is 0.500 e. The lowest BCUT2D eigenvalue weighted by Crippen LogP contribution is -2.49. The number of anilines is 1. The Balaban J connectivity index is 1.85. The van der Waals surface area contributed by atoms with E-state index in [1.807, 2.05) is 0 Å². The van der Waals surface area contributed by atoms with Crippen molar-refractivity contribution in [3.05, 3.63) is 47.7 Å². The Morgan fingerprint density at radius 1 is 1.18 bits per heavy atom. The molecule has 0 fully saturated rings. The maximum atomic E-state index is 14.6. The van der Waals surface area contributed by atoms with Gasteiger partial charge in [0.2, 0.25) is 5.88 Å². The van der Waals surface area contributed by atoms with E-state index in [-0.39, 0.29) is 29.2 Å². The van der Waals surface area contributed by atoms with Crippen molar-refractivity contribution >= 4 is 41.0 Å². The smallest absolute Gasteiger partial charge is 0.275 e. The number of alkyl halides is 3. The minimum atomic E-state index is -2.53. The molecule has 0 saturated heterocycles. The number of aromatic nitrogens is 2. The number of nitrogens with one attached hydrogen (secondary N) is 1. The number of amides is 1. The molecule has 2 heterocycles. The molecule has 0 saturated carbocycles. The standard InChI is InChI=1S/C19H16B3F4N5O2/c20-19(21,22)33-14-7-28-13(6-29-14)15(32)30-10-1-2-12(25)11(5-10)18(9-24)4-3-17(26,8-23)16(27)31-18/h1-2,5-7H,3-4,8-9H2,(H2,27,31)(H,30,32)/t17-,18+/m0/s1. The molecule has 14 heteroatoms. The van der Waals surface area contributed by atoms with Crippen LogP contribution in [0.2, 0.25) is 0 Å². The number of ether oxygens (including phenoxy) is 1. The van der Waals surface area contributed by atoms with Crippen molar-refractivity contribution in [2.75, 3.05) is 18.7 Å². The molecule has 3 rings (SSSR count). The summed E-state index contributed by atoms with van der Waals surface area (Å²) in [5.41, 5.74) is 0.770. The molecule has 6 radical (unpaired) electrons. The van der Waals surface area contributed by atoms with Gasteiger partial charge in [-0.15, -0.1) is 0 Å². The van der Waals surface area contributed by atoms with Crippen LogP contribution in [0, 0.1) is 5.82 Å². The number of aliphatic imine (C=N–C) groups is 1. The Bertz CT molecular complexity index is 1070. The van der Waals surface area contributed by atoms with Crippen LogP contribution >= 0.6 is 0 Å². The van der Waals surface area contributed by atoms with E-state index >= 15 is 0 Å². The second-order valence-electron chi connectivity index (χ2n) is 7.61. The second-order valence-corrected chi connectivity index (χ2v) is 7.61. The lowest BCUT2D eigenvalue weighted by Gasteiger charge is -2.37. The summed E-state index contributed by atoms with van der Waals surface area (Å²) >= 11 is 0. The van der Waals surface area contributed by atoms with Gasteiger partial charge in [-0.3, -0.25) is 9.79 Å². The molecule has 0 aliphatic carbocycles. The Kier molecular flexibility index (Phi) is 6.76. The normalized spacial score (nSPS) is 23.0. The van der Waals surface area contributed by atoms with Gasteiger partial charge in [0.15, 0.2) is 5.67 Å². The fraction of sp³-hybridized carbons (Fsp3) is 0.368. The molecule has 1 aliphatic heterocycles. The van der Waals surface area contributed by atoms with Crippen LogP contribution in [0.25, 0.3) is 0 Å². The maximum absolute atomic E-state index is 14.6. The highest BCUT2D eigenvalue weighted by atomic mass is 19.2. The van der Waals surface area contributed by atoms with E-state index in [1.54, 1.807) is 0 Å². The van der Waals surface area contributed by atoms with Gasteiger partial charge in [0.05, 0.1) is 12.4 Å². The molecule has 2 atom stereocenters. The van der Waals surface area contributed by atoms with Crippen LogP contribution in [0.1, 0.15) is 28.9 Å². The zero-order chi connectivity index (χ0) is 24.4. The summed E-state index contributed by atoms with van der Waals surface area (Å²) in [6, 6.07) is 3.34. The van der Waals surface area contributed by atoms with E-state index < -0.39 is 53.8 Å². The summed E-state index contributed by atoms with van der Waals surface area (Å²) in [7, 11) is 15.8. The van der Waals surface area contributed by atoms with Gasteiger partial charge in [0.1, 0.15) is 59.8 Å². The topological polar surface area (TPSA) is 102 Å². The number of carbonyl (C=O) groups is 1. The van der Waals surface area contributed by atoms with Gasteiger partial charge >= 0.3 is 0 Å². The molecule has 166 valence electrons. The van der Waals surface area contributed by atoms with Gasteiger partial charge in [0, 0.05) is 11.3 Å². The number of nitrogens with zero attached hydrogens (tertiary/aromatic N) is 3. The van der Waals surface area contributed by atoms with E-state index in [0.29, 0.717) is 0 Å². The van der Waals surface area contributed by atoms with Gasteiger partial charge in [-0.05, 0) is 36.3 Å². The molecule has 1 aromatic carbocycles. The molecule has 0 spiro atoms. The van der Waals surface area contributed by atoms with E-state index in [4.69, 9.17) is 34.0 Å². The van der Waals surface area contributed by atoms with Crippen LogP contribution in [0.15, 0.2) is 35.6 Å². The fourth-order valence-electron chi connectivity index (χ4n) is 3.24. The summed E-state index contributed by atoms with van der Waals surface area (Å²) in [6.07, 6.45) is 1.28. The predicted molar refractivity (Wildman–Crippen MR) is 115 cm³/mol. The van der Waals surface area contributed by atoms with Crippen LogP contribution < -0.4 is 15.8 Å². The number of benzene rings is 1. The van der Waals surface area contributed by atoms with Crippen LogP contribution in [-0.4, -0.2) is 69.6 Å². The molecular formula is C19H16B3F4N5O2. The third-order valence-electron chi connectivity index (χ3n) is 5.03. The first kappa shape index (κ1) is 24.6. The average molecular weight is 455 g/mol. The summed E-state index contributed by atoms with van der Waals surface area (Å²) < 4.78 is 61.0. The average Bonchev–Trinajstić information content (AvgIpc) is 2.76. The monoisotopic (exact) mass is 455 g/mol. The van der Waals surface area contributed by atoms with Crippen molar-refractivity contribution in [2.45, 2.75) is 29.3 Å². The van der Waals surface area contributed by atoms with Crippen molar-refractivity contribution in [1.82, 2.24) is 9.97 Å². The number of hydrogen-bond donors (Lipinski definition) is 2. The number of hydrogen-bond acceptors (Lipinski definition) is 6. The van der Waals surface area contributed by atoms with E-state index in [1.165, 1.54) is 6.07 Å². The number of amidine groups is 1. The third-order valence-corrected chi connectivity index (χ3v) is 5.03. The highest BCUT2D eigenvalue weighted by Gasteiger charge is 2.47. The quantitative estimate of drug-likeness (QED) is 0.486. The number of carbonyl (C=O) groups excluding carboxylic acids is 1. The molecule has 33 heavy (non-hydrogen) atoms. The molecule has 1 aliphatic rings. The molecule has 1 aromatic heterocycles. The number of halogens is 4. The zero-order valence-electron chi connectivity index (χ0n) is 17.2. The number of nitrogens with two attached hydrogens (primary N) is 1. The van der Waals surface area contributed by atoms with Crippen molar-refractivity contribution < 1.29 is 27.1 Å². The van der Waals surface area contributed by atoms with Gasteiger partial charge in [-0.25, -0.2) is 27.5 Å². The van der Waals surface area contributed by atoms with Gasteiger partial charge in [-0.2, -0.15) is 0 Å². The van der Waals surface area contributed by atoms with Gasteiger partial charge < -0.3 is 15.8 Å². The van der Waals surface area contributed by atoms with Gasteiger partial charge in [0.25, 0.3) is 5.91 Å². The highest BCUT2D eigenvalue weighted by Crippen LogP contribution is 2.41. The lowest BCUT2D eigenvalue weighted by molar-refractivity contribution is 0.102. The summed E-state index contributed by atoms with van der Waals surface area (Å²) in [5, 5.41) is 0.460. The van der Waals surface area contributed by atoms with Crippen LogP contribution in [-0.2, 0) is 5.54 Å². The zero-order valence-corrected chi connectivity index (χ0v) is 17.2. The minimum Gasteiger partial charge on any atom is -0.500 e. The SMILES string of the molecule is [B]C([B])([B])Oc1cnc(C(=O)Nc2ccc(F)c([C@]3(CF)CC[C@](F)(CF)C(N)=N3)c2)cn1. The van der Waals surface area contributed by atoms with Crippen LogP contribution in [0.4, 0.5) is 23.2 Å². The Morgan fingerprint density at radius 3 is 2.45 bits per heavy atom. The minimum absolute atomic E-state index is 0.0626. The summed E-state index contributed by atoms with van der Waals surface area (Å²) in [5.74, 6) is -2.49. The molecule has 0 unspecified atom stereocenters. The van der Waals surface area contributed by atoms with Crippen LogP contribution in [0.3, 0.4) is 0 Å². The molecule has 0 bridgehead atoms. The summed E-state index contributed by atoms with van der Waals surface area (Å²) in [6.45, 7) is -2.65. The number of rotatable bonds is 7. The van der Waals surface area contributed by atoms with Crippen molar-refractivity contribution in [1.29, 1.82) is 0 Å². The molecule has 3 N–H and O–H groups in total. The first-order valence-electron chi connectivity index (χ1n) is 9.57. The predicted octanol–water partition coefficient (Wildman–Crippen LogP) is 1.36. The molecule has 1 amide bonds. The first-order valence-corrected chi connectivity index (χ1v) is 9.57. The van der Waals surface area contributed by atoms with E-state index in [0.717, 1.165) is 24.5 Å². The fourth-order valence-corrected chi connectivity index (χ4v) is 3.24. The molecular weight excluding hydrogens is 439 g/mol. The first-order chi connectivity index (χ1) is 15.4. The maximum Gasteiger partial charge on any atom is 0.275 e. The van der Waals surface area contributed by atoms with Gasteiger partial charge in [-0.1, -0.05) is 0 Å². The molecule has 7 nitrogen and oxygen atoms in total. The van der Waals surface area contributed by atoms with E-state index in [2.05, 4.69) is 20.3 Å².